The fourth-order valence-electron chi connectivity index (χ4n) is 2.62. The maximum absolute atomic E-state index is 9.26. The third kappa shape index (κ3) is 3.03. The van der Waals surface area contributed by atoms with Crippen LogP contribution < -0.4 is 10.6 Å². The Morgan fingerprint density at radius 1 is 1.39 bits per heavy atom. The van der Waals surface area contributed by atoms with E-state index < -0.39 is 0 Å². The van der Waals surface area contributed by atoms with Gasteiger partial charge in [0.15, 0.2) is 0 Å². The summed E-state index contributed by atoms with van der Waals surface area (Å²) < 4.78 is 0. The lowest BCUT2D eigenvalue weighted by molar-refractivity contribution is 0.209. The van der Waals surface area contributed by atoms with Crippen LogP contribution in [0.4, 0.5) is 5.69 Å². The minimum atomic E-state index is 0.144. The summed E-state index contributed by atoms with van der Waals surface area (Å²) in [7, 11) is 0. The highest BCUT2D eigenvalue weighted by Crippen LogP contribution is 2.24. The predicted molar refractivity (Wildman–Crippen MR) is 75.7 cm³/mol. The van der Waals surface area contributed by atoms with Crippen LogP contribution in [0, 0.1) is 5.92 Å². The number of piperidine rings is 1. The first-order valence-corrected chi connectivity index (χ1v) is 6.96. The number of hydrogen-bond donors (Lipinski definition) is 2. The van der Waals surface area contributed by atoms with E-state index in [0.717, 1.165) is 25.9 Å². The first-order chi connectivity index (χ1) is 8.74. The molecule has 3 heteroatoms. The average molecular weight is 248 g/mol. The Morgan fingerprint density at radius 2 is 2.11 bits per heavy atom. The van der Waals surface area contributed by atoms with Gasteiger partial charge in [-0.15, -0.1) is 0 Å². The van der Waals surface area contributed by atoms with Gasteiger partial charge in [0, 0.05) is 31.4 Å². The molecule has 1 aromatic rings. The molecule has 0 radical (unpaired) electrons. The van der Waals surface area contributed by atoms with Crippen molar-refractivity contribution in [3.8, 4) is 0 Å². The summed E-state index contributed by atoms with van der Waals surface area (Å²) in [5.74, 6) is 0.427. The van der Waals surface area contributed by atoms with E-state index in [2.05, 4.69) is 36.1 Å². The lowest BCUT2D eigenvalue weighted by Gasteiger charge is -2.33. The summed E-state index contributed by atoms with van der Waals surface area (Å²) in [4.78, 5) is 2.37. The molecule has 0 bridgehead atoms. The van der Waals surface area contributed by atoms with Crippen molar-refractivity contribution in [3.05, 3.63) is 29.8 Å². The van der Waals surface area contributed by atoms with Gasteiger partial charge < -0.3 is 15.7 Å². The van der Waals surface area contributed by atoms with Crippen LogP contribution >= 0.6 is 0 Å². The van der Waals surface area contributed by atoms with Gasteiger partial charge in [-0.3, -0.25) is 0 Å². The molecule has 1 aliphatic heterocycles. The second-order valence-corrected chi connectivity index (χ2v) is 5.24. The summed E-state index contributed by atoms with van der Waals surface area (Å²) in [6.45, 7) is 4.47. The Labute approximate surface area is 110 Å². The number of aliphatic hydroxyl groups is 1. The van der Waals surface area contributed by atoms with Crippen LogP contribution in [0.5, 0.6) is 0 Å². The average Bonchev–Trinajstić information content (AvgIpc) is 2.46. The number of anilines is 1. The van der Waals surface area contributed by atoms with Gasteiger partial charge >= 0.3 is 0 Å². The van der Waals surface area contributed by atoms with Gasteiger partial charge in [-0.25, -0.2) is 0 Å². The quantitative estimate of drug-likeness (QED) is 0.859. The second-order valence-electron chi connectivity index (χ2n) is 5.24. The van der Waals surface area contributed by atoms with E-state index in [4.69, 9.17) is 5.73 Å². The molecule has 1 saturated heterocycles. The Balaban J connectivity index is 2.04. The maximum Gasteiger partial charge on any atom is 0.0476 e. The minimum Gasteiger partial charge on any atom is -0.396 e. The number of aliphatic hydroxyl groups excluding tert-OH is 1. The standard InChI is InChI=1S/C15H24N2O/c1-2-15(16)13-5-7-14(8-6-13)17-9-3-4-12(10-17)11-18/h5-8,12,15,18H,2-4,9-11,16H2,1H3/t12?,15-/m1/s1. The minimum absolute atomic E-state index is 0.144. The largest absolute Gasteiger partial charge is 0.396 e. The molecule has 2 rings (SSSR count). The Bertz CT molecular complexity index is 363. The molecule has 1 unspecified atom stereocenters. The fraction of sp³-hybridized carbons (Fsp3) is 0.600. The summed E-state index contributed by atoms with van der Waals surface area (Å²) >= 11 is 0. The topological polar surface area (TPSA) is 49.5 Å². The molecule has 1 heterocycles. The van der Waals surface area contributed by atoms with Gasteiger partial charge in [-0.2, -0.15) is 0 Å². The van der Waals surface area contributed by atoms with Crippen molar-refractivity contribution in [2.45, 2.75) is 32.2 Å². The highest BCUT2D eigenvalue weighted by atomic mass is 16.3. The molecule has 1 aliphatic rings. The van der Waals surface area contributed by atoms with Crippen LogP contribution in [0.15, 0.2) is 24.3 Å². The fourth-order valence-corrected chi connectivity index (χ4v) is 2.62. The number of rotatable bonds is 4. The SMILES string of the molecule is CC[C@@H](N)c1ccc(N2CCCC(CO)C2)cc1. The van der Waals surface area contributed by atoms with Gasteiger partial charge in [-0.05, 0) is 42.9 Å². The molecule has 3 nitrogen and oxygen atoms in total. The molecule has 1 fully saturated rings. The van der Waals surface area contributed by atoms with Gasteiger partial charge in [0.25, 0.3) is 0 Å². The normalized spacial score (nSPS) is 21.9. The maximum atomic E-state index is 9.26. The van der Waals surface area contributed by atoms with Crippen LogP contribution in [0.25, 0.3) is 0 Å². The molecule has 3 N–H and O–H groups in total. The first kappa shape index (κ1) is 13.4. The van der Waals surface area contributed by atoms with Crippen molar-refractivity contribution < 1.29 is 5.11 Å². The van der Waals surface area contributed by atoms with E-state index in [1.165, 1.54) is 17.7 Å². The highest BCUT2D eigenvalue weighted by molar-refractivity contribution is 5.48. The Hall–Kier alpha value is -1.06. The smallest absolute Gasteiger partial charge is 0.0476 e. The van der Waals surface area contributed by atoms with E-state index in [1.54, 1.807) is 0 Å². The molecule has 0 aromatic heterocycles. The van der Waals surface area contributed by atoms with E-state index >= 15 is 0 Å². The van der Waals surface area contributed by atoms with Crippen LogP contribution in [-0.4, -0.2) is 24.8 Å². The van der Waals surface area contributed by atoms with Crippen LogP contribution in [-0.2, 0) is 0 Å². The monoisotopic (exact) mass is 248 g/mol. The van der Waals surface area contributed by atoms with Crippen LogP contribution in [0.1, 0.15) is 37.8 Å². The number of nitrogens with two attached hydrogens (primary N) is 1. The molecular weight excluding hydrogens is 224 g/mol. The third-order valence-electron chi connectivity index (χ3n) is 3.90. The van der Waals surface area contributed by atoms with Crippen LogP contribution in [0.3, 0.4) is 0 Å². The molecule has 0 spiro atoms. The highest BCUT2D eigenvalue weighted by Gasteiger charge is 2.19. The lowest BCUT2D eigenvalue weighted by Crippen LogP contribution is -2.36. The summed E-state index contributed by atoms with van der Waals surface area (Å²) in [6, 6.07) is 8.72. The Morgan fingerprint density at radius 3 is 2.72 bits per heavy atom. The van der Waals surface area contributed by atoms with E-state index in [-0.39, 0.29) is 6.04 Å². The van der Waals surface area contributed by atoms with E-state index in [9.17, 15) is 5.11 Å². The molecule has 100 valence electrons. The summed E-state index contributed by atoms with van der Waals surface area (Å²) in [6.07, 6.45) is 3.28. The Kier molecular flexibility index (Phi) is 4.61. The lowest BCUT2D eigenvalue weighted by atomic mass is 9.98. The number of nitrogens with zero attached hydrogens (tertiary/aromatic N) is 1. The van der Waals surface area contributed by atoms with Crippen molar-refractivity contribution in [1.82, 2.24) is 0 Å². The zero-order valence-corrected chi connectivity index (χ0v) is 11.2. The van der Waals surface area contributed by atoms with Crippen LogP contribution in [0.2, 0.25) is 0 Å². The number of hydrogen-bond acceptors (Lipinski definition) is 3. The van der Waals surface area contributed by atoms with Gasteiger partial charge in [-0.1, -0.05) is 19.1 Å². The summed E-state index contributed by atoms with van der Waals surface area (Å²) in [5, 5.41) is 9.26. The van der Waals surface area contributed by atoms with Crippen molar-refractivity contribution in [3.63, 3.8) is 0 Å². The molecule has 2 atom stereocenters. The molecule has 0 aliphatic carbocycles. The van der Waals surface area contributed by atoms with Crippen molar-refractivity contribution >= 4 is 5.69 Å². The van der Waals surface area contributed by atoms with Crippen molar-refractivity contribution in [2.75, 3.05) is 24.6 Å². The molecular formula is C15H24N2O. The van der Waals surface area contributed by atoms with Crippen molar-refractivity contribution in [1.29, 1.82) is 0 Å². The van der Waals surface area contributed by atoms with Gasteiger partial charge in [0.1, 0.15) is 0 Å². The van der Waals surface area contributed by atoms with Crippen molar-refractivity contribution in [2.24, 2.45) is 11.7 Å². The van der Waals surface area contributed by atoms with Gasteiger partial charge in [0.2, 0.25) is 0 Å². The zero-order valence-electron chi connectivity index (χ0n) is 11.2. The number of benzene rings is 1. The third-order valence-corrected chi connectivity index (χ3v) is 3.90. The second kappa shape index (κ2) is 6.21. The summed E-state index contributed by atoms with van der Waals surface area (Å²) in [5.41, 5.74) is 8.48. The first-order valence-electron chi connectivity index (χ1n) is 6.96. The molecule has 0 amide bonds. The van der Waals surface area contributed by atoms with E-state index in [0.29, 0.717) is 12.5 Å². The van der Waals surface area contributed by atoms with E-state index in [1.807, 2.05) is 0 Å². The molecule has 1 aromatic carbocycles. The predicted octanol–water partition coefficient (Wildman–Crippen LogP) is 2.31. The zero-order chi connectivity index (χ0) is 13.0. The molecule has 0 saturated carbocycles. The molecule has 18 heavy (non-hydrogen) atoms. The van der Waals surface area contributed by atoms with Gasteiger partial charge in [0.05, 0.1) is 0 Å².